The van der Waals surface area contributed by atoms with Crippen molar-refractivity contribution in [3.63, 3.8) is 0 Å². The van der Waals surface area contributed by atoms with Crippen molar-refractivity contribution in [2.45, 2.75) is 13.8 Å². The minimum atomic E-state index is 0.0640. The van der Waals surface area contributed by atoms with Crippen LogP contribution in [0.15, 0.2) is 71.7 Å². The zero-order chi connectivity index (χ0) is 16.2. The van der Waals surface area contributed by atoms with Gasteiger partial charge in [0, 0.05) is 16.9 Å². The van der Waals surface area contributed by atoms with Crippen LogP contribution in [0.1, 0.15) is 28.7 Å². The normalized spacial score (nSPS) is 11.0. The predicted octanol–water partition coefficient (Wildman–Crippen LogP) is 4.74. The number of aromatic nitrogens is 1. The van der Waals surface area contributed by atoms with E-state index in [2.05, 4.69) is 40.7 Å². The summed E-state index contributed by atoms with van der Waals surface area (Å²) >= 11 is 0. The van der Waals surface area contributed by atoms with Gasteiger partial charge in [0.15, 0.2) is 5.78 Å². The summed E-state index contributed by atoms with van der Waals surface area (Å²) in [6.07, 6.45) is 1.85. The fourth-order valence-electron chi connectivity index (χ4n) is 2.51. The van der Waals surface area contributed by atoms with Crippen LogP contribution in [0.4, 0.5) is 5.69 Å². The second kappa shape index (κ2) is 6.44. The van der Waals surface area contributed by atoms with Gasteiger partial charge in [-0.05, 0) is 62.4 Å². The van der Waals surface area contributed by atoms with Crippen molar-refractivity contribution in [1.82, 2.24) is 4.57 Å². The number of aliphatic imine (C=N–C) groups is 1. The Hall–Kier alpha value is -2.94. The van der Waals surface area contributed by atoms with Crippen molar-refractivity contribution in [3.8, 4) is 5.69 Å². The predicted molar refractivity (Wildman–Crippen MR) is 94.2 cm³/mol. The zero-order valence-electron chi connectivity index (χ0n) is 13.2. The number of hydrogen-bond acceptors (Lipinski definition) is 2. The number of carbonyl (C=O) groups is 1. The Morgan fingerprint density at radius 1 is 0.957 bits per heavy atom. The van der Waals surface area contributed by atoms with E-state index in [9.17, 15) is 4.79 Å². The van der Waals surface area contributed by atoms with Gasteiger partial charge in [-0.25, -0.2) is 0 Å². The largest absolute Gasteiger partial charge is 0.313 e. The van der Waals surface area contributed by atoms with Gasteiger partial charge in [-0.15, -0.1) is 0 Å². The van der Waals surface area contributed by atoms with Crippen LogP contribution in [0.25, 0.3) is 5.69 Å². The minimum Gasteiger partial charge on any atom is -0.313 e. The van der Waals surface area contributed by atoms with E-state index in [1.807, 2.05) is 36.5 Å². The van der Waals surface area contributed by atoms with E-state index in [4.69, 9.17) is 0 Å². The lowest BCUT2D eigenvalue weighted by Gasteiger charge is -2.08. The maximum absolute atomic E-state index is 11.3. The van der Waals surface area contributed by atoms with Crippen LogP contribution in [0, 0.1) is 6.92 Å². The molecule has 0 bridgehead atoms. The molecule has 0 radical (unpaired) electrons. The Balaban J connectivity index is 1.90. The van der Waals surface area contributed by atoms with Gasteiger partial charge in [0.05, 0.1) is 17.6 Å². The number of nitrogens with zero attached hydrogens (tertiary/aromatic N) is 2. The lowest BCUT2D eigenvalue weighted by atomic mass is 10.1. The number of hydrogen-bond donors (Lipinski definition) is 0. The highest BCUT2D eigenvalue weighted by Gasteiger charge is 2.05. The molecule has 3 rings (SSSR count). The minimum absolute atomic E-state index is 0.0640. The van der Waals surface area contributed by atoms with Crippen LogP contribution in [0.2, 0.25) is 0 Å². The molecular formula is C20H18N2O. The first kappa shape index (κ1) is 15.0. The molecule has 0 unspecified atom stereocenters. The quantitative estimate of drug-likeness (QED) is 0.506. The van der Waals surface area contributed by atoms with Crippen molar-refractivity contribution >= 4 is 17.7 Å². The Bertz CT molecular complexity index is 843. The van der Waals surface area contributed by atoms with Gasteiger partial charge in [0.2, 0.25) is 0 Å². The molecule has 0 atom stereocenters. The Kier molecular flexibility index (Phi) is 4.20. The van der Waals surface area contributed by atoms with E-state index < -0.39 is 0 Å². The van der Waals surface area contributed by atoms with Crippen LogP contribution in [-0.2, 0) is 0 Å². The molecule has 3 aromatic rings. The average molecular weight is 302 g/mol. The lowest BCUT2D eigenvalue weighted by molar-refractivity contribution is 0.101. The number of carbonyl (C=O) groups excluding carboxylic acids is 1. The molecule has 0 spiro atoms. The highest BCUT2D eigenvalue weighted by molar-refractivity contribution is 5.94. The second-order valence-corrected chi connectivity index (χ2v) is 5.43. The van der Waals surface area contributed by atoms with E-state index in [0.717, 1.165) is 22.8 Å². The first-order valence-corrected chi connectivity index (χ1v) is 7.54. The highest BCUT2D eigenvalue weighted by Crippen LogP contribution is 2.17. The van der Waals surface area contributed by atoms with E-state index in [0.29, 0.717) is 5.56 Å². The smallest absolute Gasteiger partial charge is 0.159 e. The van der Waals surface area contributed by atoms with Crippen molar-refractivity contribution in [2.75, 3.05) is 0 Å². The van der Waals surface area contributed by atoms with E-state index in [1.165, 1.54) is 0 Å². The third-order valence-electron chi connectivity index (χ3n) is 3.74. The standard InChI is InChI=1S/C20H18N2O/c1-15-8-13-20(22(15)19-6-4-3-5-7-19)14-21-18-11-9-17(10-12-18)16(2)23/h3-14H,1-2H3. The molecule has 0 aliphatic heterocycles. The summed E-state index contributed by atoms with van der Waals surface area (Å²) in [7, 11) is 0. The molecule has 1 heterocycles. The molecule has 0 N–H and O–H groups in total. The van der Waals surface area contributed by atoms with E-state index in [1.54, 1.807) is 19.1 Å². The molecule has 0 aliphatic rings. The topological polar surface area (TPSA) is 34.4 Å². The maximum atomic E-state index is 11.3. The molecular weight excluding hydrogens is 284 g/mol. The van der Waals surface area contributed by atoms with Gasteiger partial charge < -0.3 is 4.57 Å². The molecule has 0 saturated heterocycles. The van der Waals surface area contributed by atoms with E-state index in [-0.39, 0.29) is 5.78 Å². The number of para-hydroxylation sites is 1. The third-order valence-corrected chi connectivity index (χ3v) is 3.74. The fourth-order valence-corrected chi connectivity index (χ4v) is 2.51. The highest BCUT2D eigenvalue weighted by atomic mass is 16.1. The maximum Gasteiger partial charge on any atom is 0.159 e. The summed E-state index contributed by atoms with van der Waals surface area (Å²) in [5.41, 5.74) is 4.82. The molecule has 0 amide bonds. The summed E-state index contributed by atoms with van der Waals surface area (Å²) in [6.45, 7) is 3.64. The molecule has 3 nitrogen and oxygen atoms in total. The number of Topliss-reactive ketones (excluding diaryl/α,β-unsaturated/α-hetero) is 1. The first-order chi connectivity index (χ1) is 11.1. The van der Waals surface area contributed by atoms with Crippen LogP contribution >= 0.6 is 0 Å². The number of ketones is 1. The molecule has 0 saturated carbocycles. The van der Waals surface area contributed by atoms with E-state index >= 15 is 0 Å². The molecule has 114 valence electrons. The summed E-state index contributed by atoms with van der Waals surface area (Å²) in [5.74, 6) is 0.0640. The average Bonchev–Trinajstić information content (AvgIpc) is 2.95. The summed E-state index contributed by atoms with van der Waals surface area (Å²) in [5, 5.41) is 0. The second-order valence-electron chi connectivity index (χ2n) is 5.43. The molecule has 3 heteroatoms. The van der Waals surface area contributed by atoms with Crippen LogP contribution in [0.3, 0.4) is 0 Å². The van der Waals surface area contributed by atoms with Gasteiger partial charge in [-0.1, -0.05) is 18.2 Å². The van der Waals surface area contributed by atoms with Crippen LogP contribution < -0.4 is 0 Å². The third kappa shape index (κ3) is 3.29. The van der Waals surface area contributed by atoms with Gasteiger partial charge in [0.25, 0.3) is 0 Å². The Morgan fingerprint density at radius 2 is 1.65 bits per heavy atom. The van der Waals surface area contributed by atoms with Gasteiger partial charge >= 0.3 is 0 Å². The molecule has 23 heavy (non-hydrogen) atoms. The zero-order valence-corrected chi connectivity index (χ0v) is 13.2. The van der Waals surface area contributed by atoms with Crippen molar-refractivity contribution in [2.24, 2.45) is 4.99 Å². The van der Waals surface area contributed by atoms with Crippen molar-refractivity contribution < 1.29 is 4.79 Å². The Morgan fingerprint density at radius 3 is 2.30 bits per heavy atom. The van der Waals surface area contributed by atoms with Gasteiger partial charge in [-0.3, -0.25) is 9.79 Å². The SMILES string of the molecule is CC(=O)c1ccc(N=Cc2ccc(C)n2-c2ccccc2)cc1. The fraction of sp³-hybridized carbons (Fsp3) is 0.100. The molecule has 1 aromatic heterocycles. The molecule has 0 fully saturated rings. The number of aryl methyl sites for hydroxylation is 1. The molecule has 2 aromatic carbocycles. The number of benzene rings is 2. The van der Waals surface area contributed by atoms with Crippen molar-refractivity contribution in [1.29, 1.82) is 0 Å². The summed E-state index contributed by atoms with van der Waals surface area (Å²) < 4.78 is 2.16. The van der Waals surface area contributed by atoms with Gasteiger partial charge in [0.1, 0.15) is 0 Å². The summed E-state index contributed by atoms with van der Waals surface area (Å²) in [4.78, 5) is 15.8. The lowest BCUT2D eigenvalue weighted by Crippen LogP contribution is -2.00. The van der Waals surface area contributed by atoms with Crippen LogP contribution in [0.5, 0.6) is 0 Å². The van der Waals surface area contributed by atoms with Crippen LogP contribution in [-0.4, -0.2) is 16.6 Å². The summed E-state index contributed by atoms with van der Waals surface area (Å²) in [6, 6.07) is 21.7. The first-order valence-electron chi connectivity index (χ1n) is 7.54. The number of rotatable bonds is 4. The van der Waals surface area contributed by atoms with Crippen molar-refractivity contribution in [3.05, 3.63) is 83.7 Å². The monoisotopic (exact) mass is 302 g/mol. The van der Waals surface area contributed by atoms with Gasteiger partial charge in [-0.2, -0.15) is 0 Å². The Labute approximate surface area is 135 Å². The molecule has 0 aliphatic carbocycles.